The van der Waals surface area contributed by atoms with Crippen molar-refractivity contribution in [2.45, 2.75) is 37.8 Å². The molecule has 0 amide bonds. The highest BCUT2D eigenvalue weighted by Gasteiger charge is 2.34. The van der Waals surface area contributed by atoms with E-state index < -0.39 is 0 Å². The monoisotopic (exact) mass is 268 g/mol. The Hall–Kier alpha value is -1.07. The van der Waals surface area contributed by atoms with E-state index in [4.69, 9.17) is 11.6 Å². The molecule has 0 bridgehead atoms. The van der Waals surface area contributed by atoms with Crippen molar-refractivity contribution in [3.63, 3.8) is 0 Å². The van der Waals surface area contributed by atoms with Gasteiger partial charge in [-0.3, -0.25) is 4.79 Å². The predicted molar refractivity (Wildman–Crippen MR) is 71.3 cm³/mol. The second-order valence-corrected chi connectivity index (χ2v) is 5.38. The van der Waals surface area contributed by atoms with E-state index in [0.717, 1.165) is 31.6 Å². The van der Waals surface area contributed by atoms with Crippen LogP contribution >= 0.6 is 11.6 Å². The van der Waals surface area contributed by atoms with E-state index in [1.165, 1.54) is 12.8 Å². The molecule has 0 spiro atoms. The van der Waals surface area contributed by atoms with Crippen LogP contribution in [0.2, 0.25) is 5.02 Å². The number of rotatable bonds is 2. The van der Waals surface area contributed by atoms with Crippen LogP contribution in [0.15, 0.2) is 11.0 Å². The summed E-state index contributed by atoms with van der Waals surface area (Å²) in [5.74, 6) is 0. The molecular weight excluding hydrogens is 252 g/mol. The SMILES string of the molecule is O=c1[nH]ncc(N2CCCC2C2CCCN2)c1Cl. The molecule has 2 atom stereocenters. The second kappa shape index (κ2) is 4.90. The van der Waals surface area contributed by atoms with E-state index in [1.807, 2.05) is 0 Å². The Balaban J connectivity index is 1.90. The zero-order valence-corrected chi connectivity index (χ0v) is 10.9. The van der Waals surface area contributed by atoms with Crippen LogP contribution in [0.4, 0.5) is 5.69 Å². The minimum atomic E-state index is -0.306. The van der Waals surface area contributed by atoms with Crippen LogP contribution in [-0.4, -0.2) is 35.4 Å². The summed E-state index contributed by atoms with van der Waals surface area (Å²) in [7, 11) is 0. The van der Waals surface area contributed by atoms with Gasteiger partial charge in [0.1, 0.15) is 5.02 Å². The van der Waals surface area contributed by atoms with Gasteiger partial charge in [0, 0.05) is 18.6 Å². The molecule has 2 aliphatic heterocycles. The van der Waals surface area contributed by atoms with Crippen LogP contribution in [0.3, 0.4) is 0 Å². The van der Waals surface area contributed by atoms with E-state index in [2.05, 4.69) is 20.4 Å². The number of H-pyrrole nitrogens is 1. The van der Waals surface area contributed by atoms with Gasteiger partial charge in [-0.25, -0.2) is 5.10 Å². The fourth-order valence-corrected chi connectivity index (χ4v) is 3.32. The van der Waals surface area contributed by atoms with Crippen LogP contribution in [0.5, 0.6) is 0 Å². The minimum absolute atomic E-state index is 0.259. The van der Waals surface area contributed by atoms with Crippen molar-refractivity contribution in [2.75, 3.05) is 18.0 Å². The van der Waals surface area contributed by atoms with Gasteiger partial charge >= 0.3 is 0 Å². The van der Waals surface area contributed by atoms with Gasteiger partial charge in [-0.15, -0.1) is 0 Å². The van der Waals surface area contributed by atoms with Gasteiger partial charge < -0.3 is 10.2 Å². The molecule has 6 heteroatoms. The summed E-state index contributed by atoms with van der Waals surface area (Å²) in [6.45, 7) is 2.05. The normalized spacial score (nSPS) is 27.9. The van der Waals surface area contributed by atoms with Crippen molar-refractivity contribution in [1.82, 2.24) is 15.5 Å². The van der Waals surface area contributed by atoms with E-state index in [1.54, 1.807) is 6.20 Å². The Kier molecular flexibility index (Phi) is 3.26. The van der Waals surface area contributed by atoms with E-state index in [9.17, 15) is 4.79 Å². The molecule has 2 N–H and O–H groups in total. The number of hydrogen-bond donors (Lipinski definition) is 2. The molecular formula is C12H17ClN4O. The highest BCUT2D eigenvalue weighted by molar-refractivity contribution is 6.33. The third-order valence-electron chi connectivity index (χ3n) is 3.95. The van der Waals surface area contributed by atoms with Crippen LogP contribution in [0.25, 0.3) is 0 Å². The molecule has 0 saturated carbocycles. The number of nitrogens with one attached hydrogen (secondary N) is 2. The standard InChI is InChI=1S/C12H17ClN4O/c13-11-10(7-15-16-12(11)18)17-6-2-4-9(17)8-3-1-5-14-8/h7-9,14H,1-6H2,(H,16,18). The van der Waals surface area contributed by atoms with Crippen LogP contribution in [0.1, 0.15) is 25.7 Å². The highest BCUT2D eigenvalue weighted by Crippen LogP contribution is 2.32. The van der Waals surface area contributed by atoms with Crippen molar-refractivity contribution >= 4 is 17.3 Å². The first-order valence-corrected chi connectivity index (χ1v) is 6.88. The summed E-state index contributed by atoms with van der Waals surface area (Å²) < 4.78 is 0. The molecule has 5 nitrogen and oxygen atoms in total. The maximum Gasteiger partial charge on any atom is 0.285 e. The summed E-state index contributed by atoms with van der Waals surface area (Å²) in [5, 5.41) is 10.0. The first-order valence-electron chi connectivity index (χ1n) is 6.50. The molecule has 2 unspecified atom stereocenters. The number of hydrogen-bond acceptors (Lipinski definition) is 4. The summed E-state index contributed by atoms with van der Waals surface area (Å²) in [5.41, 5.74) is 0.468. The lowest BCUT2D eigenvalue weighted by Gasteiger charge is -2.31. The van der Waals surface area contributed by atoms with Crippen molar-refractivity contribution in [3.05, 3.63) is 21.6 Å². The fraction of sp³-hybridized carbons (Fsp3) is 0.667. The number of aromatic nitrogens is 2. The van der Waals surface area contributed by atoms with Gasteiger partial charge in [-0.05, 0) is 32.2 Å². The van der Waals surface area contributed by atoms with Gasteiger partial charge in [0.25, 0.3) is 5.56 Å². The molecule has 3 heterocycles. The molecule has 2 saturated heterocycles. The molecule has 18 heavy (non-hydrogen) atoms. The van der Waals surface area contributed by atoms with E-state index in [-0.39, 0.29) is 10.6 Å². The summed E-state index contributed by atoms with van der Waals surface area (Å²) in [4.78, 5) is 13.8. The van der Waals surface area contributed by atoms with Crippen molar-refractivity contribution in [1.29, 1.82) is 0 Å². The Morgan fingerprint density at radius 2 is 2.28 bits per heavy atom. The predicted octanol–water partition coefficient (Wildman–Crippen LogP) is 1.14. The van der Waals surface area contributed by atoms with Crippen LogP contribution < -0.4 is 15.8 Å². The summed E-state index contributed by atoms with van der Waals surface area (Å²) >= 11 is 6.10. The first-order chi connectivity index (χ1) is 8.77. The number of aromatic amines is 1. The second-order valence-electron chi connectivity index (χ2n) is 5.00. The van der Waals surface area contributed by atoms with Crippen molar-refractivity contribution in [2.24, 2.45) is 0 Å². The summed E-state index contributed by atoms with van der Waals surface area (Å²) in [6, 6.07) is 0.955. The van der Waals surface area contributed by atoms with Gasteiger partial charge in [-0.1, -0.05) is 11.6 Å². The molecule has 0 radical (unpaired) electrons. The Morgan fingerprint density at radius 3 is 3.06 bits per heavy atom. The molecule has 1 aromatic rings. The molecule has 1 aromatic heterocycles. The molecule has 0 aromatic carbocycles. The quantitative estimate of drug-likeness (QED) is 0.845. The first kappa shape index (κ1) is 12.0. The lowest BCUT2D eigenvalue weighted by atomic mass is 10.0. The number of halogens is 1. The number of nitrogens with zero attached hydrogens (tertiary/aromatic N) is 2. The maximum atomic E-state index is 11.5. The molecule has 0 aliphatic carbocycles. The zero-order valence-electron chi connectivity index (χ0n) is 10.2. The van der Waals surface area contributed by atoms with E-state index >= 15 is 0 Å². The topological polar surface area (TPSA) is 61.0 Å². The zero-order chi connectivity index (χ0) is 12.5. The third-order valence-corrected chi connectivity index (χ3v) is 4.31. The van der Waals surface area contributed by atoms with E-state index in [0.29, 0.717) is 12.1 Å². The smallest absolute Gasteiger partial charge is 0.285 e. The summed E-state index contributed by atoms with van der Waals surface area (Å²) in [6.07, 6.45) is 6.40. The van der Waals surface area contributed by atoms with Crippen molar-refractivity contribution < 1.29 is 0 Å². The maximum absolute atomic E-state index is 11.5. The van der Waals surface area contributed by atoms with Gasteiger partial charge in [0.2, 0.25) is 0 Å². The molecule has 2 aliphatic rings. The fourth-order valence-electron chi connectivity index (χ4n) is 3.12. The Bertz CT molecular complexity index is 483. The average Bonchev–Trinajstić information content (AvgIpc) is 3.01. The highest BCUT2D eigenvalue weighted by atomic mass is 35.5. The minimum Gasteiger partial charge on any atom is -0.364 e. The van der Waals surface area contributed by atoms with Gasteiger partial charge in [-0.2, -0.15) is 5.10 Å². The van der Waals surface area contributed by atoms with Gasteiger partial charge in [0.15, 0.2) is 0 Å². The molecule has 2 fully saturated rings. The average molecular weight is 269 g/mol. The lowest BCUT2D eigenvalue weighted by Crippen LogP contribution is -2.44. The lowest BCUT2D eigenvalue weighted by molar-refractivity contribution is 0.482. The largest absolute Gasteiger partial charge is 0.364 e. The molecule has 98 valence electrons. The molecule has 3 rings (SSSR count). The van der Waals surface area contributed by atoms with Crippen molar-refractivity contribution in [3.8, 4) is 0 Å². The van der Waals surface area contributed by atoms with Gasteiger partial charge in [0.05, 0.1) is 11.9 Å². The Labute approximate surface area is 111 Å². The third kappa shape index (κ3) is 2.01. The van der Waals surface area contributed by atoms with Crippen LogP contribution in [0, 0.1) is 0 Å². The Morgan fingerprint density at radius 1 is 1.39 bits per heavy atom. The van der Waals surface area contributed by atoms with Crippen LogP contribution in [-0.2, 0) is 0 Å². The number of anilines is 1.